The molecule has 3 heteroatoms. The van der Waals surface area contributed by atoms with Crippen molar-refractivity contribution >= 4 is 12.4 Å². The van der Waals surface area contributed by atoms with Gasteiger partial charge in [-0.05, 0) is 30.2 Å². The number of benzene rings is 2. The van der Waals surface area contributed by atoms with Crippen LogP contribution in [0.25, 0.3) is 0 Å². The molecule has 1 unspecified atom stereocenters. The number of hydrogen-bond acceptors (Lipinski definition) is 1. The Hall–Kier alpha value is -1.38. The minimum absolute atomic E-state index is 0. The van der Waals surface area contributed by atoms with Gasteiger partial charge in [0.1, 0.15) is 5.82 Å². The van der Waals surface area contributed by atoms with Crippen LogP contribution in [-0.2, 0) is 6.42 Å². The van der Waals surface area contributed by atoms with Crippen LogP contribution in [0.4, 0.5) is 4.39 Å². The van der Waals surface area contributed by atoms with Gasteiger partial charge in [0, 0.05) is 5.92 Å². The molecule has 18 heavy (non-hydrogen) atoms. The standard InChI is InChI=1S/C15H16FN.ClH/c16-15-9-5-4-8-13(15)10-14(11-17)12-6-2-1-3-7-12;/h1-9,14H,10-11,17H2;1H. The highest BCUT2D eigenvalue weighted by Crippen LogP contribution is 2.21. The third-order valence-corrected chi connectivity index (χ3v) is 2.98. The van der Waals surface area contributed by atoms with E-state index >= 15 is 0 Å². The molecule has 0 heterocycles. The Morgan fingerprint density at radius 3 is 2.17 bits per heavy atom. The predicted molar refractivity (Wildman–Crippen MR) is 75.6 cm³/mol. The number of nitrogens with two attached hydrogens (primary N) is 1. The zero-order valence-electron chi connectivity index (χ0n) is 10.1. The Labute approximate surface area is 113 Å². The maximum atomic E-state index is 13.6. The molecule has 0 saturated heterocycles. The Kier molecular flexibility index (Phi) is 5.83. The fraction of sp³-hybridized carbons (Fsp3) is 0.200. The van der Waals surface area contributed by atoms with Crippen LogP contribution in [0.1, 0.15) is 17.0 Å². The highest BCUT2D eigenvalue weighted by molar-refractivity contribution is 5.85. The van der Waals surface area contributed by atoms with Crippen molar-refractivity contribution in [3.05, 3.63) is 71.5 Å². The van der Waals surface area contributed by atoms with Gasteiger partial charge in [0.15, 0.2) is 0 Å². The zero-order valence-corrected chi connectivity index (χ0v) is 10.9. The molecule has 1 atom stereocenters. The van der Waals surface area contributed by atoms with Crippen molar-refractivity contribution in [3.8, 4) is 0 Å². The van der Waals surface area contributed by atoms with E-state index in [9.17, 15) is 4.39 Å². The summed E-state index contributed by atoms with van der Waals surface area (Å²) in [4.78, 5) is 0. The van der Waals surface area contributed by atoms with Crippen molar-refractivity contribution in [1.82, 2.24) is 0 Å². The van der Waals surface area contributed by atoms with Crippen molar-refractivity contribution in [2.24, 2.45) is 5.73 Å². The normalized spacial score (nSPS) is 11.7. The molecule has 0 amide bonds. The third kappa shape index (κ3) is 3.56. The molecule has 0 bridgehead atoms. The topological polar surface area (TPSA) is 26.0 Å². The van der Waals surface area contributed by atoms with Gasteiger partial charge in [-0.1, -0.05) is 48.5 Å². The molecule has 96 valence electrons. The summed E-state index contributed by atoms with van der Waals surface area (Å²) >= 11 is 0. The first-order valence-electron chi connectivity index (χ1n) is 5.79. The van der Waals surface area contributed by atoms with Crippen molar-refractivity contribution in [2.75, 3.05) is 6.54 Å². The van der Waals surface area contributed by atoms with Crippen LogP contribution in [0.3, 0.4) is 0 Å². The third-order valence-electron chi connectivity index (χ3n) is 2.98. The number of hydrogen-bond donors (Lipinski definition) is 1. The molecule has 1 nitrogen and oxygen atoms in total. The van der Waals surface area contributed by atoms with Gasteiger partial charge in [-0.2, -0.15) is 0 Å². The molecular formula is C15H17ClFN. The van der Waals surface area contributed by atoms with Crippen molar-refractivity contribution < 1.29 is 4.39 Å². The van der Waals surface area contributed by atoms with Gasteiger partial charge in [-0.25, -0.2) is 4.39 Å². The number of rotatable bonds is 4. The molecule has 2 N–H and O–H groups in total. The highest BCUT2D eigenvalue weighted by atomic mass is 35.5. The van der Waals surface area contributed by atoms with Gasteiger partial charge in [0.25, 0.3) is 0 Å². The molecule has 2 rings (SSSR count). The van der Waals surface area contributed by atoms with Crippen LogP contribution >= 0.6 is 12.4 Å². The van der Waals surface area contributed by atoms with E-state index in [1.165, 1.54) is 11.6 Å². The molecular weight excluding hydrogens is 249 g/mol. The van der Waals surface area contributed by atoms with E-state index in [-0.39, 0.29) is 24.1 Å². The molecule has 0 aliphatic carbocycles. The zero-order chi connectivity index (χ0) is 12.1. The molecule has 0 aromatic heterocycles. The second-order valence-corrected chi connectivity index (χ2v) is 4.14. The first-order valence-corrected chi connectivity index (χ1v) is 5.79. The number of halogens is 2. The molecule has 2 aromatic carbocycles. The van der Waals surface area contributed by atoms with E-state index in [2.05, 4.69) is 0 Å². The van der Waals surface area contributed by atoms with E-state index in [4.69, 9.17) is 5.73 Å². The highest BCUT2D eigenvalue weighted by Gasteiger charge is 2.12. The fourth-order valence-corrected chi connectivity index (χ4v) is 1.99. The lowest BCUT2D eigenvalue weighted by atomic mass is 9.92. The summed E-state index contributed by atoms with van der Waals surface area (Å²) in [5.41, 5.74) is 7.67. The smallest absolute Gasteiger partial charge is 0.126 e. The molecule has 2 aromatic rings. The lowest BCUT2D eigenvalue weighted by Gasteiger charge is -2.15. The van der Waals surface area contributed by atoms with Gasteiger partial charge < -0.3 is 5.73 Å². The summed E-state index contributed by atoms with van der Waals surface area (Å²) in [5, 5.41) is 0. The second-order valence-electron chi connectivity index (χ2n) is 4.14. The van der Waals surface area contributed by atoms with Crippen LogP contribution in [-0.4, -0.2) is 6.54 Å². The van der Waals surface area contributed by atoms with Crippen LogP contribution in [0.5, 0.6) is 0 Å². The van der Waals surface area contributed by atoms with Crippen molar-refractivity contribution in [1.29, 1.82) is 0 Å². The molecule has 0 saturated carbocycles. The van der Waals surface area contributed by atoms with Crippen molar-refractivity contribution in [3.63, 3.8) is 0 Å². The fourth-order valence-electron chi connectivity index (χ4n) is 1.99. The molecule has 0 radical (unpaired) electrons. The van der Waals surface area contributed by atoms with E-state index in [0.717, 1.165) is 5.56 Å². The largest absolute Gasteiger partial charge is 0.330 e. The predicted octanol–water partition coefficient (Wildman–Crippen LogP) is 3.53. The molecule has 0 spiro atoms. The SMILES string of the molecule is Cl.NCC(Cc1ccccc1F)c1ccccc1. The Morgan fingerprint density at radius 2 is 1.56 bits per heavy atom. The van der Waals surface area contributed by atoms with Gasteiger partial charge >= 0.3 is 0 Å². The maximum Gasteiger partial charge on any atom is 0.126 e. The summed E-state index contributed by atoms with van der Waals surface area (Å²) in [7, 11) is 0. The average molecular weight is 266 g/mol. The van der Waals surface area contributed by atoms with Crippen molar-refractivity contribution in [2.45, 2.75) is 12.3 Å². The summed E-state index contributed by atoms with van der Waals surface area (Å²) in [5.74, 6) is 0.0231. The molecule has 0 fully saturated rings. The second kappa shape index (κ2) is 7.14. The van der Waals surface area contributed by atoms with E-state index in [0.29, 0.717) is 13.0 Å². The lowest BCUT2D eigenvalue weighted by Crippen LogP contribution is -2.15. The maximum absolute atomic E-state index is 13.6. The summed E-state index contributed by atoms with van der Waals surface area (Å²) in [6, 6.07) is 16.9. The van der Waals surface area contributed by atoms with Crippen LogP contribution in [0.15, 0.2) is 54.6 Å². The summed E-state index contributed by atoms with van der Waals surface area (Å²) < 4.78 is 13.6. The quantitative estimate of drug-likeness (QED) is 0.899. The Balaban J connectivity index is 0.00000162. The van der Waals surface area contributed by atoms with Crippen LogP contribution in [0.2, 0.25) is 0 Å². The van der Waals surface area contributed by atoms with Crippen LogP contribution in [0, 0.1) is 5.82 Å². The van der Waals surface area contributed by atoms with E-state index in [1.54, 1.807) is 6.07 Å². The summed E-state index contributed by atoms with van der Waals surface area (Å²) in [6.07, 6.45) is 0.646. The van der Waals surface area contributed by atoms with Gasteiger partial charge in [0.05, 0.1) is 0 Å². The van der Waals surface area contributed by atoms with Gasteiger partial charge in [-0.3, -0.25) is 0 Å². The van der Waals surface area contributed by atoms with Crippen LogP contribution < -0.4 is 5.73 Å². The minimum atomic E-state index is -0.151. The van der Waals surface area contributed by atoms with E-state index < -0.39 is 0 Å². The summed E-state index contributed by atoms with van der Waals surface area (Å²) in [6.45, 7) is 0.526. The minimum Gasteiger partial charge on any atom is -0.330 e. The van der Waals surface area contributed by atoms with Gasteiger partial charge in [-0.15, -0.1) is 12.4 Å². The Morgan fingerprint density at radius 1 is 0.944 bits per heavy atom. The first kappa shape index (κ1) is 14.7. The lowest BCUT2D eigenvalue weighted by molar-refractivity contribution is 0.590. The monoisotopic (exact) mass is 265 g/mol. The van der Waals surface area contributed by atoms with E-state index in [1.807, 2.05) is 42.5 Å². The first-order chi connectivity index (χ1) is 8.31. The van der Waals surface area contributed by atoms with Gasteiger partial charge in [0.2, 0.25) is 0 Å². The Bertz CT molecular complexity index is 473. The molecule has 0 aliphatic rings. The average Bonchev–Trinajstić information content (AvgIpc) is 2.39. The molecule has 0 aliphatic heterocycles.